The Hall–Kier alpha value is -1.32. The molecule has 0 radical (unpaired) electrons. The highest BCUT2D eigenvalue weighted by Gasteiger charge is 2.39. The summed E-state index contributed by atoms with van der Waals surface area (Å²) >= 11 is 0. The zero-order valence-electron chi connectivity index (χ0n) is 11.6. The summed E-state index contributed by atoms with van der Waals surface area (Å²) in [4.78, 5) is 2.45. The van der Waals surface area contributed by atoms with Gasteiger partial charge in [-0.1, -0.05) is 17.7 Å². The van der Waals surface area contributed by atoms with Gasteiger partial charge in [0.2, 0.25) is 0 Å². The van der Waals surface area contributed by atoms with E-state index in [-0.39, 0.29) is 5.60 Å². The molecule has 2 heterocycles. The van der Waals surface area contributed by atoms with Gasteiger partial charge < -0.3 is 10.5 Å². The molecule has 3 heteroatoms. The molecular weight excluding hydrogens is 236 g/mol. The highest BCUT2D eigenvalue weighted by molar-refractivity contribution is 5.62. The molecule has 1 spiro atoms. The van der Waals surface area contributed by atoms with Gasteiger partial charge in [-0.25, -0.2) is 0 Å². The van der Waals surface area contributed by atoms with Crippen molar-refractivity contribution in [3.05, 3.63) is 35.4 Å². The van der Waals surface area contributed by atoms with Gasteiger partial charge in [0.05, 0.1) is 0 Å². The number of hydrogen-bond donors (Lipinski definition) is 1. The molecule has 2 aliphatic rings. The number of fused-ring (bicyclic) bond motifs is 1. The predicted molar refractivity (Wildman–Crippen MR) is 78.3 cm³/mol. The lowest BCUT2D eigenvalue weighted by molar-refractivity contribution is 0.123. The van der Waals surface area contributed by atoms with Crippen LogP contribution in [-0.4, -0.2) is 36.7 Å². The van der Waals surface area contributed by atoms with Gasteiger partial charge in [-0.2, -0.15) is 0 Å². The molecule has 0 amide bonds. The van der Waals surface area contributed by atoms with Crippen LogP contribution in [0.3, 0.4) is 0 Å². The molecule has 102 valence electrons. The molecule has 0 bridgehead atoms. The Morgan fingerprint density at radius 2 is 2.32 bits per heavy atom. The third-order valence-electron chi connectivity index (χ3n) is 4.07. The number of nitrogens with two attached hydrogens (primary N) is 1. The van der Waals surface area contributed by atoms with Crippen molar-refractivity contribution in [2.75, 3.05) is 26.2 Å². The van der Waals surface area contributed by atoms with Crippen molar-refractivity contribution in [1.29, 1.82) is 0 Å². The minimum atomic E-state index is -0.114. The maximum Gasteiger partial charge on any atom is 0.141 e. The van der Waals surface area contributed by atoms with E-state index in [1.165, 1.54) is 11.1 Å². The smallest absolute Gasteiger partial charge is 0.141 e. The molecule has 19 heavy (non-hydrogen) atoms. The Morgan fingerprint density at radius 3 is 3.16 bits per heavy atom. The monoisotopic (exact) mass is 258 g/mol. The number of rotatable bonds is 3. The van der Waals surface area contributed by atoms with E-state index in [4.69, 9.17) is 10.5 Å². The molecule has 1 saturated heterocycles. The van der Waals surface area contributed by atoms with Crippen molar-refractivity contribution in [3.63, 3.8) is 0 Å². The number of likely N-dealkylation sites (tertiary alicyclic amines) is 1. The number of ether oxygens (including phenoxy) is 1. The van der Waals surface area contributed by atoms with Crippen LogP contribution in [0.2, 0.25) is 0 Å². The summed E-state index contributed by atoms with van der Waals surface area (Å²) in [5.41, 5.74) is 7.94. The van der Waals surface area contributed by atoms with E-state index in [1.807, 2.05) is 0 Å². The van der Waals surface area contributed by atoms with E-state index < -0.39 is 0 Å². The van der Waals surface area contributed by atoms with Crippen molar-refractivity contribution in [2.24, 2.45) is 5.73 Å². The van der Waals surface area contributed by atoms with Crippen molar-refractivity contribution < 1.29 is 4.74 Å². The minimum absolute atomic E-state index is 0.114. The highest BCUT2D eigenvalue weighted by atomic mass is 16.5. The molecule has 3 rings (SSSR count). The Bertz CT molecular complexity index is 498. The Kier molecular flexibility index (Phi) is 3.33. The first-order valence-corrected chi connectivity index (χ1v) is 7.12. The van der Waals surface area contributed by atoms with E-state index in [0.29, 0.717) is 0 Å². The Balaban J connectivity index is 1.74. The molecule has 2 N–H and O–H groups in total. The van der Waals surface area contributed by atoms with Gasteiger partial charge in [0.15, 0.2) is 0 Å². The van der Waals surface area contributed by atoms with Crippen LogP contribution in [0, 0.1) is 6.92 Å². The van der Waals surface area contributed by atoms with Gasteiger partial charge >= 0.3 is 0 Å². The zero-order chi connectivity index (χ0) is 13.3. The lowest BCUT2D eigenvalue weighted by Crippen LogP contribution is -2.39. The minimum Gasteiger partial charge on any atom is -0.481 e. The van der Waals surface area contributed by atoms with Gasteiger partial charge in [-0.05, 0) is 44.6 Å². The first-order chi connectivity index (χ1) is 9.21. The van der Waals surface area contributed by atoms with Crippen LogP contribution >= 0.6 is 0 Å². The molecule has 3 nitrogen and oxygen atoms in total. The van der Waals surface area contributed by atoms with Gasteiger partial charge in [0.25, 0.3) is 0 Å². The number of aryl methyl sites for hydroxylation is 1. The van der Waals surface area contributed by atoms with Gasteiger partial charge in [0, 0.05) is 25.1 Å². The molecule has 2 aliphatic heterocycles. The van der Waals surface area contributed by atoms with Crippen LogP contribution in [0.15, 0.2) is 24.3 Å². The summed E-state index contributed by atoms with van der Waals surface area (Å²) in [6.45, 7) is 6.05. The summed E-state index contributed by atoms with van der Waals surface area (Å²) < 4.78 is 6.29. The van der Waals surface area contributed by atoms with Crippen LogP contribution in [0.5, 0.6) is 5.75 Å². The average molecular weight is 258 g/mol. The summed E-state index contributed by atoms with van der Waals surface area (Å²) in [5.74, 6) is 1.02. The molecule has 1 aromatic rings. The lowest BCUT2D eigenvalue weighted by atomic mass is 9.97. The second-order valence-electron chi connectivity index (χ2n) is 5.71. The SMILES string of the molecule is Cc1ccc2c(c1)C=CC1(CCN(CCCN)C1)O2. The molecule has 1 unspecified atom stereocenters. The second kappa shape index (κ2) is 4.99. The van der Waals surface area contributed by atoms with E-state index in [1.54, 1.807) is 0 Å². The Labute approximate surface area is 115 Å². The molecule has 1 aromatic carbocycles. The van der Waals surface area contributed by atoms with E-state index >= 15 is 0 Å². The second-order valence-corrected chi connectivity index (χ2v) is 5.71. The summed E-state index contributed by atoms with van der Waals surface area (Å²) in [6.07, 6.45) is 6.60. The quantitative estimate of drug-likeness (QED) is 0.903. The maximum absolute atomic E-state index is 6.29. The first kappa shape index (κ1) is 12.7. The topological polar surface area (TPSA) is 38.5 Å². The van der Waals surface area contributed by atoms with Crippen LogP contribution in [0.1, 0.15) is 24.0 Å². The molecule has 0 saturated carbocycles. The fourth-order valence-corrected chi connectivity index (χ4v) is 2.99. The molecule has 1 atom stereocenters. The van der Waals surface area contributed by atoms with Crippen molar-refractivity contribution in [3.8, 4) is 5.75 Å². The predicted octanol–water partition coefficient (Wildman–Crippen LogP) is 2.19. The average Bonchev–Trinajstić information content (AvgIpc) is 2.80. The maximum atomic E-state index is 6.29. The molecular formula is C16H22N2O. The first-order valence-electron chi connectivity index (χ1n) is 7.12. The normalized spacial score (nSPS) is 25.6. The number of nitrogens with zero attached hydrogens (tertiary/aromatic N) is 1. The fourth-order valence-electron chi connectivity index (χ4n) is 2.99. The largest absolute Gasteiger partial charge is 0.481 e. The molecule has 0 aliphatic carbocycles. The van der Waals surface area contributed by atoms with Crippen LogP contribution in [0.25, 0.3) is 6.08 Å². The van der Waals surface area contributed by atoms with Crippen LogP contribution in [0.4, 0.5) is 0 Å². The number of benzene rings is 1. The van der Waals surface area contributed by atoms with Crippen LogP contribution < -0.4 is 10.5 Å². The van der Waals surface area contributed by atoms with E-state index in [2.05, 4.69) is 42.2 Å². The van der Waals surface area contributed by atoms with E-state index in [0.717, 1.165) is 44.8 Å². The van der Waals surface area contributed by atoms with Gasteiger partial charge in [0.1, 0.15) is 11.4 Å². The summed E-state index contributed by atoms with van der Waals surface area (Å²) in [6, 6.07) is 6.39. The van der Waals surface area contributed by atoms with Crippen molar-refractivity contribution in [2.45, 2.75) is 25.4 Å². The summed E-state index contributed by atoms with van der Waals surface area (Å²) in [5, 5.41) is 0. The molecule has 1 fully saturated rings. The fraction of sp³-hybridized carbons (Fsp3) is 0.500. The van der Waals surface area contributed by atoms with Crippen molar-refractivity contribution >= 4 is 6.08 Å². The highest BCUT2D eigenvalue weighted by Crippen LogP contribution is 2.36. The summed E-state index contributed by atoms with van der Waals surface area (Å²) in [7, 11) is 0. The van der Waals surface area contributed by atoms with Gasteiger partial charge in [-0.3, -0.25) is 4.90 Å². The molecule has 0 aromatic heterocycles. The van der Waals surface area contributed by atoms with E-state index in [9.17, 15) is 0 Å². The van der Waals surface area contributed by atoms with Crippen molar-refractivity contribution in [1.82, 2.24) is 4.90 Å². The lowest BCUT2D eigenvalue weighted by Gasteiger charge is -2.31. The Morgan fingerprint density at radius 1 is 1.42 bits per heavy atom. The zero-order valence-corrected chi connectivity index (χ0v) is 11.6. The number of hydrogen-bond acceptors (Lipinski definition) is 3. The third kappa shape index (κ3) is 2.53. The standard InChI is InChI=1S/C16H22N2O/c1-13-3-4-15-14(11-13)5-6-16(19-15)7-10-18(12-16)9-2-8-17/h3-6,11H,2,7-10,12,17H2,1H3. The van der Waals surface area contributed by atoms with Gasteiger partial charge in [-0.15, -0.1) is 0 Å². The van der Waals surface area contributed by atoms with Crippen LogP contribution in [-0.2, 0) is 0 Å². The third-order valence-corrected chi connectivity index (χ3v) is 4.07.